The van der Waals surface area contributed by atoms with E-state index < -0.39 is 42.0 Å². The SMILES string of the molecule is Cc1cccc(-c2cc(C(=O)[C@@H](Cc3ccccc3)C(=O)N3C(=O)O[C@H](c4ccccc4)[C@@H]3C)oc2CCCOC[C@@H](CO)OCc2ccccc2)c1. The highest BCUT2D eigenvalue weighted by atomic mass is 16.6. The zero-order chi connectivity index (χ0) is 37.2. The quantitative estimate of drug-likeness (QED) is 0.0587. The van der Waals surface area contributed by atoms with Crippen LogP contribution in [0.5, 0.6) is 0 Å². The van der Waals surface area contributed by atoms with Crippen LogP contribution in [0.2, 0.25) is 0 Å². The van der Waals surface area contributed by atoms with Crippen molar-refractivity contribution in [2.24, 2.45) is 5.92 Å². The van der Waals surface area contributed by atoms with Gasteiger partial charge in [-0.25, -0.2) is 9.69 Å². The van der Waals surface area contributed by atoms with Crippen LogP contribution < -0.4 is 0 Å². The summed E-state index contributed by atoms with van der Waals surface area (Å²) in [5.41, 5.74) is 5.23. The number of imide groups is 1. The lowest BCUT2D eigenvalue weighted by molar-refractivity contribution is -0.131. The predicted molar refractivity (Wildman–Crippen MR) is 200 cm³/mol. The lowest BCUT2D eigenvalue weighted by atomic mass is 9.91. The number of Topliss-reactive ketones (excluding diaryl/α,β-unsaturated/α-hetero) is 1. The molecule has 1 saturated heterocycles. The zero-order valence-electron chi connectivity index (χ0n) is 30.1. The lowest BCUT2D eigenvalue weighted by Gasteiger charge is -2.23. The number of rotatable bonds is 17. The van der Waals surface area contributed by atoms with Gasteiger partial charge in [0, 0.05) is 18.6 Å². The highest BCUT2D eigenvalue weighted by Gasteiger charge is 2.47. The summed E-state index contributed by atoms with van der Waals surface area (Å²) in [6, 6.07) is 37.3. The van der Waals surface area contributed by atoms with E-state index in [0.29, 0.717) is 31.8 Å². The number of hydrogen-bond acceptors (Lipinski definition) is 8. The second-order valence-corrected chi connectivity index (χ2v) is 13.4. The number of amides is 2. The van der Waals surface area contributed by atoms with Crippen LogP contribution in [0, 0.1) is 12.8 Å². The van der Waals surface area contributed by atoms with Crippen LogP contribution in [-0.2, 0) is 38.5 Å². The highest BCUT2D eigenvalue weighted by molar-refractivity contribution is 6.12. The Labute approximate surface area is 310 Å². The Hall–Kier alpha value is -5.35. The Morgan fingerprint density at radius 3 is 2.23 bits per heavy atom. The summed E-state index contributed by atoms with van der Waals surface area (Å²) in [7, 11) is 0. The van der Waals surface area contributed by atoms with Crippen LogP contribution >= 0.6 is 0 Å². The number of ether oxygens (including phenoxy) is 3. The standard InChI is InChI=1S/C44H45NO8/c1-30-14-12-21-35(24-30)37-26-40(52-39(37)22-13-23-50-29-36(27-46)51-28-33-17-8-4-9-18-33)41(47)38(25-32-15-6-3-7-16-32)43(48)45-31(2)42(53-44(45)49)34-19-10-5-11-20-34/h3-12,14-21,24,26,31,36,38,42,46H,13,22-23,25,27-29H2,1-2H3/t31-,36+,38+,42-/m0/s1. The summed E-state index contributed by atoms with van der Waals surface area (Å²) in [6.07, 6.45) is -0.806. The van der Waals surface area contributed by atoms with Gasteiger partial charge >= 0.3 is 6.09 Å². The molecule has 53 heavy (non-hydrogen) atoms. The Balaban J connectivity index is 1.20. The molecule has 0 aliphatic carbocycles. The van der Waals surface area contributed by atoms with Gasteiger partial charge in [-0.1, -0.05) is 121 Å². The maximum Gasteiger partial charge on any atom is 0.417 e. The van der Waals surface area contributed by atoms with Gasteiger partial charge < -0.3 is 23.7 Å². The molecule has 1 fully saturated rings. The summed E-state index contributed by atoms with van der Waals surface area (Å²) in [6.45, 7) is 4.55. The Morgan fingerprint density at radius 1 is 0.868 bits per heavy atom. The van der Waals surface area contributed by atoms with Crippen molar-refractivity contribution in [3.8, 4) is 11.1 Å². The maximum atomic E-state index is 14.5. The van der Waals surface area contributed by atoms with Gasteiger partial charge in [-0.15, -0.1) is 0 Å². The van der Waals surface area contributed by atoms with E-state index in [4.69, 9.17) is 18.6 Å². The molecule has 5 aromatic rings. The van der Waals surface area contributed by atoms with Gasteiger partial charge in [0.05, 0.1) is 25.9 Å². The second kappa shape index (κ2) is 17.9. The van der Waals surface area contributed by atoms with E-state index in [1.54, 1.807) is 13.0 Å². The average Bonchev–Trinajstić information content (AvgIpc) is 3.75. The van der Waals surface area contributed by atoms with Crippen molar-refractivity contribution < 1.29 is 38.1 Å². The van der Waals surface area contributed by atoms with E-state index in [-0.39, 0.29) is 25.4 Å². The molecule has 4 atom stereocenters. The van der Waals surface area contributed by atoms with Crippen molar-refractivity contribution in [3.63, 3.8) is 0 Å². The number of carbonyl (C=O) groups is 3. The van der Waals surface area contributed by atoms with Crippen LogP contribution in [0.15, 0.2) is 126 Å². The van der Waals surface area contributed by atoms with E-state index >= 15 is 0 Å². The van der Waals surface area contributed by atoms with Crippen LogP contribution in [0.25, 0.3) is 11.1 Å². The van der Waals surface area contributed by atoms with Gasteiger partial charge in [0.2, 0.25) is 11.7 Å². The largest absolute Gasteiger partial charge is 0.457 e. The van der Waals surface area contributed by atoms with Gasteiger partial charge in [-0.05, 0) is 55.0 Å². The molecule has 1 aliphatic rings. The third kappa shape index (κ3) is 9.37. The minimum atomic E-state index is -1.24. The summed E-state index contributed by atoms with van der Waals surface area (Å²) in [5.74, 6) is -1.75. The van der Waals surface area contributed by atoms with Crippen LogP contribution in [-0.4, -0.2) is 59.8 Å². The van der Waals surface area contributed by atoms with Crippen molar-refractivity contribution in [1.29, 1.82) is 0 Å². The van der Waals surface area contributed by atoms with Crippen molar-refractivity contribution in [1.82, 2.24) is 4.90 Å². The molecular weight excluding hydrogens is 670 g/mol. The van der Waals surface area contributed by atoms with E-state index in [9.17, 15) is 19.5 Å². The second-order valence-electron chi connectivity index (χ2n) is 13.4. The fraction of sp³-hybridized carbons (Fsp3) is 0.295. The van der Waals surface area contributed by atoms with Crippen molar-refractivity contribution in [3.05, 3.63) is 155 Å². The number of nitrogens with zero attached hydrogens (tertiary/aromatic N) is 1. The third-order valence-corrected chi connectivity index (χ3v) is 9.44. The van der Waals surface area contributed by atoms with Gasteiger partial charge in [0.15, 0.2) is 5.76 Å². The first-order valence-corrected chi connectivity index (χ1v) is 18.0. The molecular formula is C44H45NO8. The summed E-state index contributed by atoms with van der Waals surface area (Å²) >= 11 is 0. The van der Waals surface area contributed by atoms with E-state index in [2.05, 4.69) is 0 Å². The first-order valence-electron chi connectivity index (χ1n) is 18.0. The van der Waals surface area contributed by atoms with Crippen molar-refractivity contribution in [2.75, 3.05) is 19.8 Å². The molecule has 0 radical (unpaired) electrons. The number of aliphatic hydroxyl groups is 1. The Bertz CT molecular complexity index is 1960. The lowest BCUT2D eigenvalue weighted by Crippen LogP contribution is -2.44. The molecule has 0 spiro atoms. The number of aliphatic hydroxyl groups excluding tert-OH is 1. The molecule has 0 bridgehead atoms. The minimum absolute atomic E-state index is 0.0428. The number of furan rings is 1. The number of carbonyl (C=O) groups excluding carboxylic acids is 3. The topological polar surface area (TPSA) is 116 Å². The number of aryl methyl sites for hydroxylation is 2. The van der Waals surface area contributed by atoms with Gasteiger partial charge in [-0.3, -0.25) is 9.59 Å². The third-order valence-electron chi connectivity index (χ3n) is 9.44. The van der Waals surface area contributed by atoms with E-state index in [0.717, 1.165) is 38.3 Å². The minimum Gasteiger partial charge on any atom is -0.457 e. The summed E-state index contributed by atoms with van der Waals surface area (Å²) in [5, 5.41) is 9.81. The fourth-order valence-corrected chi connectivity index (χ4v) is 6.61. The molecule has 0 unspecified atom stereocenters. The number of cyclic esters (lactones) is 1. The molecule has 2 heterocycles. The fourth-order valence-electron chi connectivity index (χ4n) is 6.61. The van der Waals surface area contributed by atoms with Crippen LogP contribution in [0.4, 0.5) is 4.79 Å². The Kier molecular flexibility index (Phi) is 12.6. The molecule has 6 rings (SSSR count). The average molecular weight is 716 g/mol. The molecule has 0 saturated carbocycles. The first-order chi connectivity index (χ1) is 25.8. The van der Waals surface area contributed by atoms with Crippen LogP contribution in [0.3, 0.4) is 0 Å². The summed E-state index contributed by atoms with van der Waals surface area (Å²) < 4.78 is 23.7. The molecule has 1 aliphatic heterocycles. The molecule has 274 valence electrons. The predicted octanol–water partition coefficient (Wildman–Crippen LogP) is 7.93. The van der Waals surface area contributed by atoms with E-state index in [1.807, 2.05) is 122 Å². The van der Waals surface area contributed by atoms with Gasteiger partial charge in [0.25, 0.3) is 0 Å². The molecule has 4 aromatic carbocycles. The number of hydrogen-bond donors (Lipinski definition) is 1. The molecule has 2 amide bonds. The smallest absolute Gasteiger partial charge is 0.417 e. The molecule has 9 nitrogen and oxygen atoms in total. The van der Waals surface area contributed by atoms with Crippen molar-refractivity contribution in [2.45, 2.75) is 58.0 Å². The number of ketones is 1. The van der Waals surface area contributed by atoms with Gasteiger partial charge in [0.1, 0.15) is 23.9 Å². The summed E-state index contributed by atoms with van der Waals surface area (Å²) in [4.78, 5) is 43.1. The Morgan fingerprint density at radius 2 is 1.55 bits per heavy atom. The molecule has 1 aromatic heterocycles. The normalized spacial score (nSPS) is 16.7. The highest BCUT2D eigenvalue weighted by Crippen LogP contribution is 2.35. The number of benzene rings is 4. The van der Waals surface area contributed by atoms with Crippen LogP contribution in [0.1, 0.15) is 58.0 Å². The first kappa shape index (κ1) is 37.4. The van der Waals surface area contributed by atoms with E-state index in [1.165, 1.54) is 0 Å². The zero-order valence-corrected chi connectivity index (χ0v) is 30.1. The molecule has 1 N–H and O–H groups in total. The maximum absolute atomic E-state index is 14.5. The molecule has 9 heteroatoms. The monoisotopic (exact) mass is 715 g/mol. The van der Waals surface area contributed by atoms with Crippen molar-refractivity contribution >= 4 is 17.8 Å². The van der Waals surface area contributed by atoms with Gasteiger partial charge in [-0.2, -0.15) is 0 Å².